The first-order valence-corrected chi connectivity index (χ1v) is 11.6. The third-order valence-corrected chi connectivity index (χ3v) is 8.01. The molecule has 1 N–H and O–H groups in total. The van der Waals surface area contributed by atoms with Crippen LogP contribution in [-0.2, 0) is 11.8 Å². The first kappa shape index (κ1) is 20.1. The van der Waals surface area contributed by atoms with Gasteiger partial charge in [-0.05, 0) is 72.6 Å². The lowest BCUT2D eigenvalue weighted by Gasteiger charge is -2.54. The minimum Gasteiger partial charge on any atom is -0.345 e. The van der Waals surface area contributed by atoms with E-state index in [-0.39, 0.29) is 17.4 Å². The summed E-state index contributed by atoms with van der Waals surface area (Å²) in [6.45, 7) is 7.37. The van der Waals surface area contributed by atoms with Crippen LogP contribution in [0.15, 0.2) is 55.0 Å². The predicted molar refractivity (Wildman–Crippen MR) is 128 cm³/mol. The summed E-state index contributed by atoms with van der Waals surface area (Å²) in [5.41, 5.74) is 7.39. The number of imidazole rings is 1. The zero-order chi connectivity index (χ0) is 22.7. The van der Waals surface area contributed by atoms with Crippen molar-refractivity contribution in [2.75, 3.05) is 6.54 Å². The van der Waals surface area contributed by atoms with Gasteiger partial charge in [-0.2, -0.15) is 0 Å². The smallest absolute Gasteiger partial charge is 0.254 e. The number of benzene rings is 2. The van der Waals surface area contributed by atoms with Crippen LogP contribution in [0.4, 0.5) is 0 Å². The third kappa shape index (κ3) is 3.08. The maximum Gasteiger partial charge on any atom is 0.254 e. The second-order valence-corrected chi connectivity index (χ2v) is 9.72. The van der Waals surface area contributed by atoms with Gasteiger partial charge in [0.15, 0.2) is 0 Å². The molecule has 6 nitrogen and oxygen atoms in total. The number of rotatable bonds is 2. The Bertz CT molecular complexity index is 1390. The van der Waals surface area contributed by atoms with Crippen LogP contribution in [0.1, 0.15) is 47.6 Å². The molecular formula is C27H27N5O. The first-order valence-electron chi connectivity index (χ1n) is 11.6. The van der Waals surface area contributed by atoms with Gasteiger partial charge in [0.25, 0.3) is 5.91 Å². The number of aromatic amines is 1. The van der Waals surface area contributed by atoms with Crippen LogP contribution in [0.5, 0.6) is 0 Å². The molecule has 1 fully saturated rings. The highest BCUT2D eigenvalue weighted by Crippen LogP contribution is 2.49. The van der Waals surface area contributed by atoms with Gasteiger partial charge in [-0.3, -0.25) is 4.79 Å². The van der Waals surface area contributed by atoms with Crippen LogP contribution in [0.3, 0.4) is 0 Å². The van der Waals surface area contributed by atoms with E-state index in [9.17, 15) is 4.79 Å². The fraction of sp³-hybridized carbons (Fsp3) is 0.333. The number of amides is 1. The Morgan fingerprint density at radius 3 is 2.88 bits per heavy atom. The van der Waals surface area contributed by atoms with Crippen LogP contribution in [0, 0.1) is 12.8 Å². The van der Waals surface area contributed by atoms with E-state index in [0.29, 0.717) is 5.92 Å². The Morgan fingerprint density at radius 1 is 1.15 bits per heavy atom. The van der Waals surface area contributed by atoms with E-state index >= 15 is 0 Å². The van der Waals surface area contributed by atoms with Crippen LogP contribution in [0.2, 0.25) is 0 Å². The number of H-pyrrole nitrogens is 1. The van der Waals surface area contributed by atoms with E-state index in [1.807, 2.05) is 37.4 Å². The Morgan fingerprint density at radius 2 is 2.03 bits per heavy atom. The largest absolute Gasteiger partial charge is 0.345 e. The van der Waals surface area contributed by atoms with Crippen LogP contribution in [-0.4, -0.2) is 43.3 Å². The summed E-state index contributed by atoms with van der Waals surface area (Å²) in [6, 6.07) is 14.6. The number of aromatic nitrogens is 4. The van der Waals surface area contributed by atoms with E-state index in [1.165, 1.54) is 11.1 Å². The summed E-state index contributed by atoms with van der Waals surface area (Å²) in [5.74, 6) is 1.26. The highest BCUT2D eigenvalue weighted by atomic mass is 16.2. The molecule has 6 heteroatoms. The van der Waals surface area contributed by atoms with E-state index in [2.05, 4.69) is 56.9 Å². The molecule has 3 heterocycles. The van der Waals surface area contributed by atoms with Gasteiger partial charge >= 0.3 is 0 Å². The Balaban J connectivity index is 1.35. The number of fused-ring (bicyclic) bond motifs is 5. The second-order valence-electron chi connectivity index (χ2n) is 9.72. The molecule has 2 bridgehead atoms. The van der Waals surface area contributed by atoms with Gasteiger partial charge in [-0.15, -0.1) is 0 Å². The highest BCUT2D eigenvalue weighted by molar-refractivity contribution is 5.97. The maximum absolute atomic E-state index is 13.6. The quantitative estimate of drug-likeness (QED) is 0.494. The fourth-order valence-electron chi connectivity index (χ4n) is 5.88. The van der Waals surface area contributed by atoms with Crippen molar-refractivity contribution in [3.05, 3.63) is 77.5 Å². The maximum atomic E-state index is 13.6. The molecule has 6 rings (SSSR count). The standard InChI is InChI=1S/C27H27N5O/c1-16-25-14-18-4-5-19(22-8-10-28-17(2)31-22)12-21(18)27(16,3)9-11-32(25)26(33)20-6-7-23-24(13-20)30-15-29-23/h4-8,10,12-13,15-16,25H,9,11,14H2,1-3H3,(H,29,30)/t16?,25?,27-/m1/s1. The average molecular weight is 438 g/mol. The number of carbonyl (C=O) groups is 1. The summed E-state index contributed by atoms with van der Waals surface area (Å²) in [5, 5.41) is 0. The molecule has 1 amide bonds. The molecule has 33 heavy (non-hydrogen) atoms. The molecule has 0 radical (unpaired) electrons. The van der Waals surface area contributed by atoms with Crippen molar-refractivity contribution in [2.24, 2.45) is 5.92 Å². The average Bonchev–Trinajstić information content (AvgIpc) is 3.29. The van der Waals surface area contributed by atoms with Crippen molar-refractivity contribution in [1.82, 2.24) is 24.8 Å². The normalized spacial score (nSPS) is 24.0. The van der Waals surface area contributed by atoms with Crippen LogP contribution in [0.25, 0.3) is 22.3 Å². The van der Waals surface area contributed by atoms with Gasteiger partial charge in [0, 0.05) is 29.9 Å². The van der Waals surface area contributed by atoms with E-state index in [0.717, 1.165) is 53.1 Å². The molecule has 2 unspecified atom stereocenters. The third-order valence-electron chi connectivity index (χ3n) is 8.01. The fourth-order valence-corrected chi connectivity index (χ4v) is 5.88. The van der Waals surface area contributed by atoms with Crippen LogP contribution >= 0.6 is 0 Å². The number of likely N-dealkylation sites (tertiary alicyclic amines) is 1. The van der Waals surface area contributed by atoms with Gasteiger partial charge in [0.05, 0.1) is 23.1 Å². The number of aryl methyl sites for hydroxylation is 1. The molecule has 1 aliphatic heterocycles. The van der Waals surface area contributed by atoms with Crippen molar-refractivity contribution >= 4 is 16.9 Å². The summed E-state index contributed by atoms with van der Waals surface area (Å²) in [4.78, 5) is 31.9. The van der Waals surface area contributed by atoms with Crippen molar-refractivity contribution in [1.29, 1.82) is 0 Å². The molecule has 0 saturated carbocycles. The van der Waals surface area contributed by atoms with Crippen molar-refractivity contribution < 1.29 is 4.79 Å². The Kier molecular flexibility index (Phi) is 4.41. The van der Waals surface area contributed by atoms with Crippen molar-refractivity contribution in [3.8, 4) is 11.3 Å². The predicted octanol–water partition coefficient (Wildman–Crippen LogP) is 4.69. The molecule has 4 aromatic rings. The van der Waals surface area contributed by atoms with Gasteiger partial charge in [-0.1, -0.05) is 26.0 Å². The molecule has 2 aromatic heterocycles. The zero-order valence-corrected chi connectivity index (χ0v) is 19.2. The Labute approximate surface area is 193 Å². The molecule has 2 aromatic carbocycles. The molecule has 1 saturated heterocycles. The summed E-state index contributed by atoms with van der Waals surface area (Å²) < 4.78 is 0. The minimum absolute atomic E-state index is 0.0282. The highest BCUT2D eigenvalue weighted by Gasteiger charge is 2.49. The lowest BCUT2D eigenvalue weighted by molar-refractivity contribution is 0.0251. The Hall–Kier alpha value is -3.54. The molecule has 166 valence electrons. The van der Waals surface area contributed by atoms with Gasteiger partial charge in [-0.25, -0.2) is 15.0 Å². The number of nitrogens with one attached hydrogen (secondary N) is 1. The lowest BCUT2D eigenvalue weighted by atomic mass is 9.58. The SMILES string of the molecule is Cc1nccc(-c2ccc3c(c2)[C@]2(C)CCN(C(=O)c4ccc5nc[nH]c5c4)C(C3)C2C)n1. The molecule has 2 aliphatic rings. The number of hydrogen-bond donors (Lipinski definition) is 1. The van der Waals surface area contributed by atoms with Gasteiger partial charge in [0.1, 0.15) is 5.82 Å². The van der Waals surface area contributed by atoms with E-state index in [1.54, 1.807) is 6.33 Å². The number of carbonyl (C=O) groups excluding carboxylic acids is 1. The minimum atomic E-state index is 0.0282. The number of hydrogen-bond acceptors (Lipinski definition) is 4. The van der Waals surface area contributed by atoms with Crippen molar-refractivity contribution in [2.45, 2.75) is 45.1 Å². The van der Waals surface area contributed by atoms with Crippen molar-refractivity contribution in [3.63, 3.8) is 0 Å². The number of piperidine rings is 1. The molecule has 0 spiro atoms. The van der Waals surface area contributed by atoms with E-state index in [4.69, 9.17) is 0 Å². The lowest BCUT2D eigenvalue weighted by Crippen LogP contribution is -2.59. The summed E-state index contributed by atoms with van der Waals surface area (Å²) in [6.07, 6.45) is 5.32. The van der Waals surface area contributed by atoms with Crippen LogP contribution < -0.4 is 0 Å². The summed E-state index contributed by atoms with van der Waals surface area (Å²) >= 11 is 0. The second kappa shape index (κ2) is 7.24. The monoisotopic (exact) mass is 437 g/mol. The van der Waals surface area contributed by atoms with E-state index < -0.39 is 0 Å². The van der Waals surface area contributed by atoms with Gasteiger partial charge in [0.2, 0.25) is 0 Å². The molecule has 1 aliphatic carbocycles. The summed E-state index contributed by atoms with van der Waals surface area (Å²) in [7, 11) is 0. The number of nitrogens with zero attached hydrogens (tertiary/aromatic N) is 4. The topological polar surface area (TPSA) is 74.8 Å². The zero-order valence-electron chi connectivity index (χ0n) is 19.2. The first-order chi connectivity index (χ1) is 15.9. The molecule has 3 atom stereocenters. The van der Waals surface area contributed by atoms with Gasteiger partial charge < -0.3 is 9.88 Å². The molecular weight excluding hydrogens is 410 g/mol.